The van der Waals surface area contributed by atoms with Gasteiger partial charge in [0.05, 0.1) is 6.54 Å². The molecule has 0 aromatic rings. The summed E-state index contributed by atoms with van der Waals surface area (Å²) in [5, 5.41) is 2.96. The second-order valence-electron chi connectivity index (χ2n) is 9.78. The Labute approximate surface area is 178 Å². The maximum absolute atomic E-state index is 13.2. The van der Waals surface area contributed by atoms with Crippen molar-refractivity contribution < 1.29 is 23.9 Å². The quantitative estimate of drug-likeness (QED) is 0.640. The first-order valence-corrected chi connectivity index (χ1v) is 10.7. The summed E-state index contributed by atoms with van der Waals surface area (Å²) in [6.45, 7) is 10.1. The van der Waals surface area contributed by atoms with E-state index in [1.807, 2.05) is 0 Å². The maximum Gasteiger partial charge on any atom is 0.410 e. The van der Waals surface area contributed by atoms with Gasteiger partial charge in [-0.2, -0.15) is 0 Å². The zero-order valence-corrected chi connectivity index (χ0v) is 18.8. The van der Waals surface area contributed by atoms with Gasteiger partial charge in [0.2, 0.25) is 17.7 Å². The molecule has 3 N–H and O–H groups in total. The van der Waals surface area contributed by atoms with Crippen LogP contribution in [0.25, 0.3) is 0 Å². The molecule has 170 valence electrons. The molecule has 30 heavy (non-hydrogen) atoms. The summed E-state index contributed by atoms with van der Waals surface area (Å²) >= 11 is 0. The molecule has 2 rings (SSSR count). The Kier molecular flexibility index (Phi) is 7.36. The van der Waals surface area contributed by atoms with Gasteiger partial charge in [-0.25, -0.2) is 4.79 Å². The van der Waals surface area contributed by atoms with Crippen molar-refractivity contribution in [1.29, 1.82) is 0 Å². The summed E-state index contributed by atoms with van der Waals surface area (Å²) in [6, 6.07) is -0.672. The summed E-state index contributed by atoms with van der Waals surface area (Å²) < 4.78 is 5.44. The number of nitrogens with two attached hydrogens (primary N) is 1. The molecule has 2 atom stereocenters. The fraction of sp³-hybridized carbons (Fsp3) is 0.810. The first-order chi connectivity index (χ1) is 13.8. The van der Waals surface area contributed by atoms with E-state index in [0.29, 0.717) is 44.7 Å². The molecule has 0 radical (unpaired) electrons. The molecule has 2 fully saturated rings. The highest BCUT2D eigenvalue weighted by atomic mass is 16.6. The van der Waals surface area contributed by atoms with Crippen LogP contribution in [0.5, 0.6) is 0 Å². The van der Waals surface area contributed by atoms with E-state index in [9.17, 15) is 19.2 Å². The third kappa shape index (κ3) is 5.86. The van der Waals surface area contributed by atoms with Gasteiger partial charge >= 0.3 is 6.09 Å². The van der Waals surface area contributed by atoms with Crippen molar-refractivity contribution in [3.8, 4) is 0 Å². The van der Waals surface area contributed by atoms with Crippen LogP contribution in [0.2, 0.25) is 0 Å². The Morgan fingerprint density at radius 3 is 2.50 bits per heavy atom. The molecule has 0 bridgehead atoms. The highest BCUT2D eigenvalue weighted by molar-refractivity contribution is 5.97. The first kappa shape index (κ1) is 24.0. The molecule has 2 aliphatic heterocycles. The Balaban J connectivity index is 2.17. The highest BCUT2D eigenvalue weighted by Crippen LogP contribution is 2.31. The summed E-state index contributed by atoms with van der Waals surface area (Å²) in [6.07, 6.45) is 2.32. The second kappa shape index (κ2) is 9.22. The van der Waals surface area contributed by atoms with Crippen LogP contribution in [0.15, 0.2) is 0 Å². The summed E-state index contributed by atoms with van der Waals surface area (Å²) in [7, 11) is 0. The first-order valence-electron chi connectivity index (χ1n) is 10.7. The second-order valence-corrected chi connectivity index (χ2v) is 9.78. The van der Waals surface area contributed by atoms with Gasteiger partial charge in [-0.15, -0.1) is 0 Å². The molecule has 2 aliphatic rings. The van der Waals surface area contributed by atoms with Crippen LogP contribution in [0.4, 0.5) is 4.79 Å². The molecule has 0 saturated carbocycles. The number of nitrogens with zero attached hydrogens (tertiary/aromatic N) is 2. The van der Waals surface area contributed by atoms with Crippen molar-refractivity contribution in [3.63, 3.8) is 0 Å². The van der Waals surface area contributed by atoms with E-state index >= 15 is 0 Å². The minimum atomic E-state index is -1.07. The number of rotatable bonds is 7. The highest BCUT2D eigenvalue weighted by Gasteiger charge is 2.49. The molecule has 0 spiro atoms. The number of carbonyl (C=O) groups is 4. The summed E-state index contributed by atoms with van der Waals surface area (Å²) in [5.41, 5.74) is 3.54. The van der Waals surface area contributed by atoms with Crippen LogP contribution < -0.4 is 11.1 Å². The molecule has 4 amide bonds. The van der Waals surface area contributed by atoms with E-state index in [2.05, 4.69) is 19.2 Å². The number of nitrogens with one attached hydrogen (secondary N) is 1. The number of ether oxygens (including phenoxy) is 1. The van der Waals surface area contributed by atoms with E-state index < -0.39 is 29.2 Å². The van der Waals surface area contributed by atoms with Crippen molar-refractivity contribution in [2.45, 2.75) is 83.9 Å². The fourth-order valence-corrected chi connectivity index (χ4v) is 4.02. The Bertz CT molecular complexity index is 687. The lowest BCUT2D eigenvalue weighted by Crippen LogP contribution is -2.59. The van der Waals surface area contributed by atoms with Crippen molar-refractivity contribution >= 4 is 23.8 Å². The smallest absolute Gasteiger partial charge is 0.410 e. The molecular weight excluding hydrogens is 388 g/mol. The average molecular weight is 425 g/mol. The van der Waals surface area contributed by atoms with E-state index in [-0.39, 0.29) is 18.4 Å². The van der Waals surface area contributed by atoms with Crippen molar-refractivity contribution in [1.82, 2.24) is 15.1 Å². The molecule has 9 heteroatoms. The van der Waals surface area contributed by atoms with Crippen LogP contribution in [-0.4, -0.2) is 70.4 Å². The number of amides is 4. The van der Waals surface area contributed by atoms with Crippen LogP contribution in [0.3, 0.4) is 0 Å². The van der Waals surface area contributed by atoms with Crippen LogP contribution in [-0.2, 0) is 19.1 Å². The maximum atomic E-state index is 13.2. The Hall–Kier alpha value is -2.32. The van der Waals surface area contributed by atoms with Gasteiger partial charge in [-0.3, -0.25) is 19.3 Å². The molecule has 9 nitrogen and oxygen atoms in total. The largest absolute Gasteiger partial charge is 0.444 e. The molecule has 0 aliphatic carbocycles. The Morgan fingerprint density at radius 2 is 1.93 bits per heavy atom. The van der Waals surface area contributed by atoms with Crippen LogP contribution in [0, 0.1) is 5.92 Å². The minimum absolute atomic E-state index is 0.161. The van der Waals surface area contributed by atoms with Crippen molar-refractivity contribution in [3.05, 3.63) is 0 Å². The fourth-order valence-electron chi connectivity index (χ4n) is 4.02. The standard InChI is InChI=1S/C21H36N4O5/c1-14(2)8-9-21(10-12-24(18(21)28)13-16(22)26)23-17(27)15-7-6-11-25(15)19(29)30-20(3,4)5/h14-15H,6-13H2,1-5H3,(H2,22,26)(H,23,27)/t15-,21+/m0/s1. The van der Waals surface area contributed by atoms with Crippen LogP contribution in [0.1, 0.15) is 66.7 Å². The molecule has 2 saturated heterocycles. The lowest BCUT2D eigenvalue weighted by molar-refractivity contribution is -0.140. The molecule has 0 aromatic carbocycles. The molecule has 0 unspecified atom stereocenters. The summed E-state index contributed by atoms with van der Waals surface area (Å²) in [4.78, 5) is 53.0. The van der Waals surface area contributed by atoms with E-state index in [4.69, 9.17) is 10.5 Å². The number of hydrogen-bond acceptors (Lipinski definition) is 5. The number of carbonyl (C=O) groups excluding carboxylic acids is 4. The topological polar surface area (TPSA) is 122 Å². The van der Waals surface area contributed by atoms with Gasteiger partial charge < -0.3 is 20.7 Å². The number of hydrogen-bond donors (Lipinski definition) is 2. The van der Waals surface area contributed by atoms with Gasteiger partial charge in [-0.05, 0) is 58.8 Å². The molecule has 0 aromatic heterocycles. The van der Waals surface area contributed by atoms with Crippen LogP contribution >= 0.6 is 0 Å². The SMILES string of the molecule is CC(C)CC[C@@]1(NC(=O)[C@@H]2CCCN2C(=O)OC(C)(C)C)CCN(CC(N)=O)C1=O. The van der Waals surface area contributed by atoms with E-state index in [1.54, 1.807) is 20.8 Å². The third-order valence-electron chi connectivity index (χ3n) is 5.55. The number of primary amides is 1. The average Bonchev–Trinajstić information content (AvgIpc) is 3.20. The normalized spacial score (nSPS) is 24.5. The van der Waals surface area contributed by atoms with Gasteiger partial charge in [0.15, 0.2) is 0 Å². The van der Waals surface area contributed by atoms with Crippen molar-refractivity contribution in [2.75, 3.05) is 19.6 Å². The van der Waals surface area contributed by atoms with Gasteiger partial charge in [0.1, 0.15) is 17.2 Å². The van der Waals surface area contributed by atoms with Crippen molar-refractivity contribution in [2.24, 2.45) is 11.7 Å². The van der Waals surface area contributed by atoms with E-state index in [1.165, 1.54) is 9.80 Å². The van der Waals surface area contributed by atoms with Gasteiger partial charge in [0.25, 0.3) is 0 Å². The summed E-state index contributed by atoms with van der Waals surface area (Å²) in [5.74, 6) is -0.865. The number of likely N-dealkylation sites (tertiary alicyclic amines) is 2. The monoisotopic (exact) mass is 424 g/mol. The zero-order chi connectivity index (χ0) is 22.7. The van der Waals surface area contributed by atoms with Gasteiger partial charge in [0, 0.05) is 13.1 Å². The predicted molar refractivity (Wildman–Crippen MR) is 111 cm³/mol. The molecular formula is C21H36N4O5. The predicted octanol–water partition coefficient (Wildman–Crippen LogP) is 1.39. The lowest BCUT2D eigenvalue weighted by atomic mass is 9.88. The Morgan fingerprint density at radius 1 is 1.27 bits per heavy atom. The van der Waals surface area contributed by atoms with E-state index in [0.717, 1.165) is 6.42 Å². The third-order valence-corrected chi connectivity index (χ3v) is 5.55. The zero-order valence-electron chi connectivity index (χ0n) is 18.8. The van der Waals surface area contributed by atoms with Gasteiger partial charge in [-0.1, -0.05) is 13.8 Å². The lowest BCUT2D eigenvalue weighted by Gasteiger charge is -2.33. The minimum Gasteiger partial charge on any atom is -0.444 e. The molecule has 2 heterocycles.